The average Bonchev–Trinajstić information content (AvgIpc) is 2.51. The summed E-state index contributed by atoms with van der Waals surface area (Å²) in [7, 11) is 1.71. The molecule has 0 heterocycles. The van der Waals surface area contributed by atoms with Gasteiger partial charge in [0.15, 0.2) is 6.54 Å². The summed E-state index contributed by atoms with van der Waals surface area (Å²) >= 11 is 0. The molecule has 0 saturated carbocycles. The number of likely N-dealkylation sites (N-methyl/N-ethyl adjacent to an activating group) is 1. The third kappa shape index (κ3) is 5.13. The lowest BCUT2D eigenvalue weighted by Gasteiger charge is -2.14. The predicted molar refractivity (Wildman–Crippen MR) is 85.4 cm³/mol. The molecule has 0 aromatic heterocycles. The van der Waals surface area contributed by atoms with Gasteiger partial charge in [0.1, 0.15) is 18.2 Å². The van der Waals surface area contributed by atoms with Gasteiger partial charge in [0.2, 0.25) is 0 Å². The van der Waals surface area contributed by atoms with Crippen molar-refractivity contribution in [1.82, 2.24) is 5.32 Å². The second kappa shape index (κ2) is 8.16. The van der Waals surface area contributed by atoms with Gasteiger partial charge in [-0.2, -0.15) is 0 Å². The van der Waals surface area contributed by atoms with Crippen molar-refractivity contribution < 1.29 is 23.3 Å². The van der Waals surface area contributed by atoms with Crippen LogP contribution in [0.25, 0.3) is 0 Å². The number of amides is 3. The third-order valence-electron chi connectivity index (χ3n) is 3.29. The number of urea groups is 1. The molecule has 1 atom stereocenters. The highest BCUT2D eigenvalue weighted by Crippen LogP contribution is 2.11. The monoisotopic (exact) mass is 334 g/mol. The molecule has 0 saturated heterocycles. The Kier molecular flexibility index (Phi) is 5.97. The second-order valence-electron chi connectivity index (χ2n) is 5.38. The standard InChI is InChI=1S/C17H17F2N3O2/c1-22(10-12-6-2-3-7-13(12)18)11-16(23)21-17(24)20-15-9-5-4-8-14(15)19/h2-9H,10-11H2,1H3,(H2,20,21,23,24)/p+1. The minimum atomic E-state index is -0.816. The smallest absolute Gasteiger partial charge is 0.326 e. The molecule has 3 N–H and O–H groups in total. The van der Waals surface area contributed by atoms with Crippen molar-refractivity contribution >= 4 is 17.6 Å². The molecule has 1 unspecified atom stereocenters. The minimum absolute atomic E-state index is 0.0186. The zero-order valence-corrected chi connectivity index (χ0v) is 13.1. The van der Waals surface area contributed by atoms with E-state index in [1.807, 2.05) is 0 Å². The summed E-state index contributed by atoms with van der Waals surface area (Å²) in [4.78, 5) is 24.2. The topological polar surface area (TPSA) is 62.6 Å². The Morgan fingerprint density at radius 1 is 1.00 bits per heavy atom. The second-order valence-corrected chi connectivity index (χ2v) is 5.38. The first-order valence-corrected chi connectivity index (χ1v) is 7.36. The Hall–Kier alpha value is -2.80. The van der Waals surface area contributed by atoms with Crippen LogP contribution in [-0.2, 0) is 11.3 Å². The van der Waals surface area contributed by atoms with Crippen LogP contribution in [0.15, 0.2) is 48.5 Å². The zero-order valence-electron chi connectivity index (χ0n) is 13.1. The SMILES string of the molecule is C[NH+](CC(=O)NC(=O)Nc1ccccc1F)Cc1ccccc1F. The zero-order chi connectivity index (χ0) is 17.5. The number of nitrogens with one attached hydrogen (secondary N) is 3. The fourth-order valence-corrected chi connectivity index (χ4v) is 2.19. The van der Waals surface area contributed by atoms with Crippen LogP contribution in [0.5, 0.6) is 0 Å². The van der Waals surface area contributed by atoms with Gasteiger partial charge in [-0.3, -0.25) is 10.1 Å². The summed E-state index contributed by atoms with van der Waals surface area (Å²) in [6, 6.07) is 11.1. The summed E-state index contributed by atoms with van der Waals surface area (Å²) in [5.41, 5.74) is 0.466. The molecule has 5 nitrogen and oxygen atoms in total. The van der Waals surface area contributed by atoms with Gasteiger partial charge >= 0.3 is 6.03 Å². The molecule has 0 radical (unpaired) electrons. The normalized spacial score (nSPS) is 11.6. The number of hydrogen-bond acceptors (Lipinski definition) is 2. The number of imide groups is 1. The molecular weight excluding hydrogens is 316 g/mol. The number of anilines is 1. The lowest BCUT2D eigenvalue weighted by molar-refractivity contribution is -0.885. The molecular formula is C17H18F2N3O2+. The Balaban J connectivity index is 1.83. The molecule has 126 valence electrons. The van der Waals surface area contributed by atoms with Crippen LogP contribution in [0.2, 0.25) is 0 Å². The fourth-order valence-electron chi connectivity index (χ4n) is 2.19. The van der Waals surface area contributed by atoms with Crippen LogP contribution < -0.4 is 15.5 Å². The quantitative estimate of drug-likeness (QED) is 0.772. The average molecular weight is 334 g/mol. The van der Waals surface area contributed by atoms with Gasteiger partial charge in [0, 0.05) is 5.56 Å². The van der Waals surface area contributed by atoms with E-state index in [0.717, 1.165) is 0 Å². The number of carbonyl (C=O) groups excluding carboxylic acids is 2. The highest BCUT2D eigenvalue weighted by Gasteiger charge is 2.15. The number of benzene rings is 2. The van der Waals surface area contributed by atoms with Gasteiger partial charge in [-0.25, -0.2) is 13.6 Å². The summed E-state index contributed by atoms with van der Waals surface area (Å²) < 4.78 is 27.0. The molecule has 2 rings (SSSR count). The highest BCUT2D eigenvalue weighted by molar-refractivity contribution is 6.01. The molecule has 0 fully saturated rings. The first-order chi connectivity index (χ1) is 11.5. The lowest BCUT2D eigenvalue weighted by Crippen LogP contribution is -3.09. The van der Waals surface area contributed by atoms with E-state index in [0.29, 0.717) is 17.0 Å². The lowest BCUT2D eigenvalue weighted by atomic mass is 10.2. The largest absolute Gasteiger partial charge is 0.326 e. The van der Waals surface area contributed by atoms with Gasteiger partial charge < -0.3 is 10.2 Å². The van der Waals surface area contributed by atoms with Gasteiger partial charge in [-0.05, 0) is 18.2 Å². The Labute approximate surface area is 138 Å². The number of quaternary nitrogens is 1. The summed E-state index contributed by atoms with van der Waals surface area (Å²) in [5.74, 6) is -1.48. The number of carbonyl (C=O) groups is 2. The van der Waals surface area contributed by atoms with Crippen molar-refractivity contribution in [1.29, 1.82) is 0 Å². The van der Waals surface area contributed by atoms with E-state index < -0.39 is 17.8 Å². The first kappa shape index (κ1) is 17.6. The van der Waals surface area contributed by atoms with E-state index in [1.165, 1.54) is 24.3 Å². The van der Waals surface area contributed by atoms with Crippen molar-refractivity contribution in [2.24, 2.45) is 0 Å². The maximum atomic E-state index is 13.6. The van der Waals surface area contributed by atoms with Crippen molar-refractivity contribution in [3.63, 3.8) is 0 Å². The number of halogens is 2. The predicted octanol–water partition coefficient (Wildman–Crippen LogP) is 1.33. The minimum Gasteiger partial charge on any atom is -0.326 e. The Morgan fingerprint density at radius 2 is 1.62 bits per heavy atom. The molecule has 3 amide bonds. The van der Waals surface area contributed by atoms with Crippen LogP contribution in [0, 0.1) is 11.6 Å². The maximum absolute atomic E-state index is 13.6. The van der Waals surface area contributed by atoms with Gasteiger partial charge in [0.05, 0.1) is 12.7 Å². The molecule has 24 heavy (non-hydrogen) atoms. The fraction of sp³-hybridized carbons (Fsp3) is 0.176. The number of hydrogen-bond donors (Lipinski definition) is 3. The Morgan fingerprint density at radius 3 is 2.29 bits per heavy atom. The van der Waals surface area contributed by atoms with E-state index in [1.54, 1.807) is 31.3 Å². The van der Waals surface area contributed by atoms with Crippen LogP contribution in [0.1, 0.15) is 5.56 Å². The molecule has 0 bridgehead atoms. The molecule has 0 aliphatic carbocycles. The van der Waals surface area contributed by atoms with E-state index in [-0.39, 0.29) is 18.0 Å². The highest BCUT2D eigenvalue weighted by atomic mass is 19.1. The first-order valence-electron chi connectivity index (χ1n) is 7.36. The molecule has 2 aromatic rings. The molecule has 0 spiro atoms. The molecule has 7 heteroatoms. The van der Waals surface area contributed by atoms with Gasteiger partial charge in [0.25, 0.3) is 5.91 Å². The summed E-state index contributed by atoms with van der Waals surface area (Å²) in [5, 5.41) is 4.37. The van der Waals surface area contributed by atoms with Gasteiger partial charge in [-0.1, -0.05) is 30.3 Å². The molecule has 2 aromatic carbocycles. The van der Waals surface area contributed by atoms with Crippen LogP contribution in [0.4, 0.5) is 19.3 Å². The van der Waals surface area contributed by atoms with Gasteiger partial charge in [-0.15, -0.1) is 0 Å². The Bertz CT molecular complexity index is 737. The maximum Gasteiger partial charge on any atom is 0.326 e. The van der Waals surface area contributed by atoms with E-state index in [9.17, 15) is 18.4 Å². The van der Waals surface area contributed by atoms with E-state index in [2.05, 4.69) is 10.6 Å². The number of para-hydroxylation sites is 1. The van der Waals surface area contributed by atoms with Crippen LogP contribution >= 0.6 is 0 Å². The molecule has 0 aliphatic heterocycles. The van der Waals surface area contributed by atoms with Crippen molar-refractivity contribution in [3.8, 4) is 0 Å². The van der Waals surface area contributed by atoms with E-state index >= 15 is 0 Å². The summed E-state index contributed by atoms with van der Waals surface area (Å²) in [6.07, 6.45) is 0. The molecule has 0 aliphatic rings. The van der Waals surface area contributed by atoms with Crippen LogP contribution in [0.3, 0.4) is 0 Å². The van der Waals surface area contributed by atoms with Crippen molar-refractivity contribution in [2.45, 2.75) is 6.54 Å². The van der Waals surface area contributed by atoms with Crippen LogP contribution in [-0.4, -0.2) is 25.5 Å². The number of rotatable bonds is 5. The summed E-state index contributed by atoms with van der Waals surface area (Å²) in [6.45, 7) is 0.272. The van der Waals surface area contributed by atoms with E-state index in [4.69, 9.17) is 0 Å². The third-order valence-corrected chi connectivity index (χ3v) is 3.29. The van der Waals surface area contributed by atoms with Crippen molar-refractivity contribution in [2.75, 3.05) is 18.9 Å². The van der Waals surface area contributed by atoms with Crippen molar-refractivity contribution in [3.05, 3.63) is 65.7 Å².